The van der Waals surface area contributed by atoms with Crippen molar-refractivity contribution < 1.29 is 23.9 Å². The molecule has 1 aliphatic heterocycles. The molecule has 7 heteroatoms. The van der Waals surface area contributed by atoms with Crippen LogP contribution in [0.1, 0.15) is 11.1 Å². The van der Waals surface area contributed by atoms with Gasteiger partial charge >= 0.3 is 6.03 Å². The molecule has 2 aromatic rings. The summed E-state index contributed by atoms with van der Waals surface area (Å²) < 4.78 is 11.0. The SMILES string of the molecule is COc1ccc(C=C2C(=O)NC(=O)NC2=O)c(OCc2ccccc2)c1. The van der Waals surface area contributed by atoms with Crippen LogP contribution in [0.15, 0.2) is 54.1 Å². The summed E-state index contributed by atoms with van der Waals surface area (Å²) in [5.41, 5.74) is 1.29. The van der Waals surface area contributed by atoms with Crippen LogP contribution in [-0.4, -0.2) is 25.0 Å². The fourth-order valence-electron chi connectivity index (χ4n) is 2.38. The van der Waals surface area contributed by atoms with Crippen LogP contribution in [-0.2, 0) is 16.2 Å². The van der Waals surface area contributed by atoms with E-state index >= 15 is 0 Å². The molecule has 2 N–H and O–H groups in total. The van der Waals surface area contributed by atoms with E-state index in [1.165, 1.54) is 13.2 Å². The topological polar surface area (TPSA) is 93.7 Å². The number of rotatable bonds is 5. The first-order valence-corrected chi connectivity index (χ1v) is 7.80. The molecule has 7 nitrogen and oxygen atoms in total. The normalized spacial score (nSPS) is 13.7. The lowest BCUT2D eigenvalue weighted by Crippen LogP contribution is -2.51. The Bertz CT molecular complexity index is 868. The summed E-state index contributed by atoms with van der Waals surface area (Å²) in [6, 6.07) is 13.7. The third-order valence-electron chi connectivity index (χ3n) is 3.70. The quantitative estimate of drug-likeness (QED) is 0.634. The molecule has 0 radical (unpaired) electrons. The smallest absolute Gasteiger partial charge is 0.328 e. The van der Waals surface area contributed by atoms with Crippen LogP contribution in [0.4, 0.5) is 4.79 Å². The van der Waals surface area contributed by atoms with Gasteiger partial charge in [0.15, 0.2) is 0 Å². The molecule has 1 aliphatic rings. The van der Waals surface area contributed by atoms with Gasteiger partial charge in [-0.05, 0) is 23.8 Å². The number of amides is 4. The zero-order valence-corrected chi connectivity index (χ0v) is 13.9. The number of urea groups is 1. The largest absolute Gasteiger partial charge is 0.497 e. The van der Waals surface area contributed by atoms with E-state index in [4.69, 9.17) is 9.47 Å². The highest BCUT2D eigenvalue weighted by Gasteiger charge is 2.28. The zero-order valence-electron chi connectivity index (χ0n) is 13.9. The van der Waals surface area contributed by atoms with Crippen molar-refractivity contribution in [3.05, 3.63) is 65.2 Å². The number of ether oxygens (including phenoxy) is 2. The first-order valence-electron chi connectivity index (χ1n) is 7.80. The molecule has 1 saturated heterocycles. The Morgan fingerprint density at radius 3 is 2.31 bits per heavy atom. The van der Waals surface area contributed by atoms with E-state index < -0.39 is 17.8 Å². The summed E-state index contributed by atoms with van der Waals surface area (Å²) in [7, 11) is 1.53. The standard InChI is InChI=1S/C19H16N2O5/c1-25-14-8-7-13(9-15-17(22)20-19(24)21-18(15)23)16(10-14)26-11-12-5-3-2-4-6-12/h2-10H,11H2,1H3,(H2,20,21,22,23,24). The lowest BCUT2D eigenvalue weighted by molar-refractivity contribution is -0.123. The Balaban J connectivity index is 1.91. The highest BCUT2D eigenvalue weighted by molar-refractivity contribution is 6.31. The molecule has 1 fully saturated rings. The number of nitrogens with one attached hydrogen (secondary N) is 2. The summed E-state index contributed by atoms with van der Waals surface area (Å²) in [5, 5.41) is 4.07. The van der Waals surface area contributed by atoms with Gasteiger partial charge in [0.05, 0.1) is 7.11 Å². The van der Waals surface area contributed by atoms with Crippen molar-refractivity contribution in [2.24, 2.45) is 0 Å². The zero-order chi connectivity index (χ0) is 18.5. The minimum absolute atomic E-state index is 0.181. The van der Waals surface area contributed by atoms with Gasteiger partial charge in [-0.1, -0.05) is 30.3 Å². The van der Waals surface area contributed by atoms with Crippen LogP contribution in [0.3, 0.4) is 0 Å². The molecule has 0 saturated carbocycles. The van der Waals surface area contributed by atoms with E-state index in [0.717, 1.165) is 5.56 Å². The number of imide groups is 2. The molecule has 0 bridgehead atoms. The molecule has 26 heavy (non-hydrogen) atoms. The van der Waals surface area contributed by atoms with Crippen molar-refractivity contribution in [3.8, 4) is 11.5 Å². The van der Waals surface area contributed by atoms with Crippen molar-refractivity contribution in [3.63, 3.8) is 0 Å². The molecule has 0 aliphatic carbocycles. The molecular formula is C19H16N2O5. The second-order valence-electron chi connectivity index (χ2n) is 5.47. The Kier molecular flexibility index (Phi) is 4.98. The Labute approximate surface area is 149 Å². The second-order valence-corrected chi connectivity index (χ2v) is 5.47. The third-order valence-corrected chi connectivity index (χ3v) is 3.70. The molecule has 3 rings (SSSR count). The number of carbonyl (C=O) groups is 3. The van der Waals surface area contributed by atoms with Gasteiger partial charge in [-0.25, -0.2) is 4.79 Å². The number of hydrogen-bond donors (Lipinski definition) is 2. The Morgan fingerprint density at radius 2 is 1.65 bits per heavy atom. The van der Waals surface area contributed by atoms with Crippen LogP contribution in [0, 0.1) is 0 Å². The fourth-order valence-corrected chi connectivity index (χ4v) is 2.38. The first kappa shape index (κ1) is 17.2. The van der Waals surface area contributed by atoms with E-state index in [2.05, 4.69) is 0 Å². The lowest BCUT2D eigenvalue weighted by atomic mass is 10.1. The number of hydrogen-bond acceptors (Lipinski definition) is 5. The van der Waals surface area contributed by atoms with Crippen molar-refractivity contribution in [2.45, 2.75) is 6.61 Å². The molecule has 0 unspecified atom stereocenters. The maximum absolute atomic E-state index is 11.9. The average Bonchev–Trinajstić information content (AvgIpc) is 2.64. The minimum atomic E-state index is -0.840. The van der Waals surface area contributed by atoms with Crippen LogP contribution in [0.5, 0.6) is 11.5 Å². The van der Waals surface area contributed by atoms with Crippen LogP contribution < -0.4 is 20.1 Å². The molecule has 1 heterocycles. The average molecular weight is 352 g/mol. The van der Waals surface area contributed by atoms with E-state index in [9.17, 15) is 14.4 Å². The number of carbonyl (C=O) groups excluding carboxylic acids is 3. The summed E-state index contributed by atoms with van der Waals surface area (Å²) in [6.45, 7) is 0.307. The van der Waals surface area contributed by atoms with E-state index in [0.29, 0.717) is 23.7 Å². The predicted octanol–water partition coefficient (Wildman–Crippen LogP) is 2.02. The summed E-state index contributed by atoms with van der Waals surface area (Å²) in [4.78, 5) is 35.0. The molecule has 0 aromatic heterocycles. The van der Waals surface area contributed by atoms with Crippen molar-refractivity contribution in [1.82, 2.24) is 10.6 Å². The van der Waals surface area contributed by atoms with Gasteiger partial charge in [0.1, 0.15) is 23.7 Å². The van der Waals surface area contributed by atoms with Crippen LogP contribution in [0.2, 0.25) is 0 Å². The Hall–Kier alpha value is -3.61. The van der Waals surface area contributed by atoms with Gasteiger partial charge in [0.2, 0.25) is 0 Å². The van der Waals surface area contributed by atoms with Crippen molar-refractivity contribution >= 4 is 23.9 Å². The predicted molar refractivity (Wildman–Crippen MR) is 93.4 cm³/mol. The number of methoxy groups -OCH3 is 1. The minimum Gasteiger partial charge on any atom is -0.497 e. The monoisotopic (exact) mass is 352 g/mol. The molecular weight excluding hydrogens is 336 g/mol. The molecule has 2 aromatic carbocycles. The first-order chi connectivity index (χ1) is 12.6. The number of barbiturate groups is 1. The van der Waals surface area contributed by atoms with Gasteiger partial charge in [0, 0.05) is 11.6 Å². The van der Waals surface area contributed by atoms with Gasteiger partial charge in [-0.15, -0.1) is 0 Å². The molecule has 132 valence electrons. The maximum atomic E-state index is 11.9. The van der Waals surface area contributed by atoms with Gasteiger partial charge in [-0.3, -0.25) is 20.2 Å². The molecule has 4 amide bonds. The van der Waals surface area contributed by atoms with Crippen LogP contribution in [0.25, 0.3) is 6.08 Å². The molecule has 0 spiro atoms. The van der Waals surface area contributed by atoms with Crippen LogP contribution >= 0.6 is 0 Å². The Morgan fingerprint density at radius 1 is 0.962 bits per heavy atom. The molecule has 0 atom stereocenters. The van der Waals surface area contributed by atoms with E-state index in [1.54, 1.807) is 18.2 Å². The van der Waals surface area contributed by atoms with Gasteiger partial charge in [-0.2, -0.15) is 0 Å². The summed E-state index contributed by atoms with van der Waals surface area (Å²) in [6.07, 6.45) is 1.37. The van der Waals surface area contributed by atoms with E-state index in [1.807, 2.05) is 41.0 Å². The lowest BCUT2D eigenvalue weighted by Gasteiger charge is -2.15. The highest BCUT2D eigenvalue weighted by atomic mass is 16.5. The van der Waals surface area contributed by atoms with Crippen molar-refractivity contribution in [2.75, 3.05) is 7.11 Å². The summed E-state index contributed by atoms with van der Waals surface area (Å²) >= 11 is 0. The van der Waals surface area contributed by atoms with E-state index in [-0.39, 0.29) is 5.57 Å². The second kappa shape index (κ2) is 7.52. The number of benzene rings is 2. The van der Waals surface area contributed by atoms with Crippen molar-refractivity contribution in [1.29, 1.82) is 0 Å². The van der Waals surface area contributed by atoms with Gasteiger partial charge < -0.3 is 9.47 Å². The third kappa shape index (κ3) is 3.89. The van der Waals surface area contributed by atoms with Gasteiger partial charge in [0.25, 0.3) is 11.8 Å². The summed E-state index contributed by atoms with van der Waals surface area (Å²) in [5.74, 6) is -0.506. The maximum Gasteiger partial charge on any atom is 0.328 e. The fraction of sp³-hybridized carbons (Fsp3) is 0.105. The highest BCUT2D eigenvalue weighted by Crippen LogP contribution is 2.28.